The summed E-state index contributed by atoms with van der Waals surface area (Å²) in [7, 11) is 3.43. The lowest BCUT2D eigenvalue weighted by Crippen LogP contribution is -2.54. The number of cyclic esters (lactones) is 1. The number of aldehydes is 1. The van der Waals surface area contributed by atoms with E-state index in [2.05, 4.69) is 6.92 Å². The van der Waals surface area contributed by atoms with Crippen molar-refractivity contribution in [2.75, 3.05) is 14.2 Å². The average molecular weight is 491 g/mol. The van der Waals surface area contributed by atoms with Crippen LogP contribution in [0.25, 0.3) is 0 Å². The second kappa shape index (κ2) is 12.9. The Hall–Kier alpha value is -1.80. The van der Waals surface area contributed by atoms with Crippen molar-refractivity contribution in [3.05, 3.63) is 35.9 Å². The maximum absolute atomic E-state index is 13.1. The lowest BCUT2D eigenvalue weighted by molar-refractivity contribution is -0.206. The third-order valence-corrected chi connectivity index (χ3v) is 7.85. The fourth-order valence-electron chi connectivity index (χ4n) is 5.63. The van der Waals surface area contributed by atoms with E-state index in [1.807, 2.05) is 37.3 Å². The van der Waals surface area contributed by atoms with E-state index in [4.69, 9.17) is 18.9 Å². The van der Waals surface area contributed by atoms with Crippen molar-refractivity contribution in [1.29, 1.82) is 0 Å². The van der Waals surface area contributed by atoms with Crippen LogP contribution in [0.1, 0.15) is 76.9 Å². The van der Waals surface area contributed by atoms with Gasteiger partial charge in [0.05, 0.1) is 30.8 Å². The van der Waals surface area contributed by atoms with Gasteiger partial charge in [0, 0.05) is 26.6 Å². The van der Waals surface area contributed by atoms with Crippen molar-refractivity contribution >= 4 is 12.3 Å². The Morgan fingerprint density at radius 3 is 2.31 bits per heavy atom. The molecule has 2 fully saturated rings. The van der Waals surface area contributed by atoms with Crippen molar-refractivity contribution in [2.45, 2.75) is 101 Å². The van der Waals surface area contributed by atoms with Gasteiger partial charge >= 0.3 is 5.97 Å². The van der Waals surface area contributed by atoms with E-state index < -0.39 is 23.8 Å². The molecule has 1 aromatic rings. The van der Waals surface area contributed by atoms with Gasteiger partial charge in [-0.3, -0.25) is 4.79 Å². The van der Waals surface area contributed by atoms with Crippen LogP contribution >= 0.6 is 0 Å². The van der Waals surface area contributed by atoms with Gasteiger partial charge in [-0.25, -0.2) is 0 Å². The molecule has 2 saturated heterocycles. The van der Waals surface area contributed by atoms with Crippen molar-refractivity contribution in [3.63, 3.8) is 0 Å². The SMILES string of the molecule is COC1CCCCC(c2ccccc2)OC(=O)CC2(C=O)CC(O)C(C)C(O2)C(C)CCC1OC. The van der Waals surface area contributed by atoms with E-state index in [1.165, 1.54) is 0 Å². The number of methoxy groups -OCH3 is 2. The third kappa shape index (κ3) is 7.13. The van der Waals surface area contributed by atoms with Gasteiger partial charge in [0.2, 0.25) is 0 Å². The van der Waals surface area contributed by atoms with E-state index in [0.717, 1.165) is 37.7 Å². The molecule has 196 valence electrons. The highest BCUT2D eigenvalue weighted by molar-refractivity contribution is 5.78. The molecule has 0 aromatic heterocycles. The van der Waals surface area contributed by atoms with Crippen LogP contribution < -0.4 is 0 Å². The predicted octanol–water partition coefficient (Wildman–Crippen LogP) is 4.40. The number of hydrogen-bond donors (Lipinski definition) is 1. The number of benzene rings is 1. The molecule has 3 rings (SSSR count). The summed E-state index contributed by atoms with van der Waals surface area (Å²) in [4.78, 5) is 25.4. The van der Waals surface area contributed by atoms with Crippen LogP contribution in [0.5, 0.6) is 0 Å². The maximum atomic E-state index is 13.1. The zero-order valence-electron chi connectivity index (χ0n) is 21.6. The van der Waals surface area contributed by atoms with E-state index in [1.54, 1.807) is 14.2 Å². The normalized spacial score (nSPS) is 37.9. The van der Waals surface area contributed by atoms with Crippen molar-refractivity contribution in [2.24, 2.45) is 11.8 Å². The summed E-state index contributed by atoms with van der Waals surface area (Å²) in [6, 6.07) is 9.67. The first-order valence-corrected chi connectivity index (χ1v) is 12.9. The van der Waals surface area contributed by atoms with Gasteiger partial charge in [0.1, 0.15) is 11.7 Å². The Kier molecular flexibility index (Phi) is 10.3. The average Bonchev–Trinajstić information content (AvgIpc) is 2.86. The van der Waals surface area contributed by atoms with Crippen LogP contribution in [0.2, 0.25) is 0 Å². The second-order valence-corrected chi connectivity index (χ2v) is 10.3. The van der Waals surface area contributed by atoms with Crippen LogP contribution in [-0.4, -0.2) is 61.6 Å². The van der Waals surface area contributed by atoms with E-state index in [-0.39, 0.29) is 43.0 Å². The molecule has 0 aliphatic carbocycles. The highest BCUT2D eigenvalue weighted by Gasteiger charge is 2.48. The Balaban J connectivity index is 1.89. The molecular formula is C28H42O7. The van der Waals surface area contributed by atoms with Gasteiger partial charge in [-0.15, -0.1) is 0 Å². The predicted molar refractivity (Wildman–Crippen MR) is 132 cm³/mol. The van der Waals surface area contributed by atoms with Crippen molar-refractivity contribution in [3.8, 4) is 0 Å². The fourth-order valence-corrected chi connectivity index (χ4v) is 5.63. The Labute approximate surface area is 209 Å². The minimum Gasteiger partial charge on any atom is -0.457 e. The molecule has 0 spiro atoms. The molecule has 7 heteroatoms. The maximum Gasteiger partial charge on any atom is 0.309 e. The number of carbonyl (C=O) groups excluding carboxylic acids is 2. The number of hydrogen-bond acceptors (Lipinski definition) is 7. The van der Waals surface area contributed by atoms with Gasteiger partial charge < -0.3 is 28.8 Å². The summed E-state index contributed by atoms with van der Waals surface area (Å²) in [6.45, 7) is 4.00. The summed E-state index contributed by atoms with van der Waals surface area (Å²) < 4.78 is 23.9. The Morgan fingerprint density at radius 2 is 1.66 bits per heavy atom. The number of aliphatic hydroxyl groups is 1. The largest absolute Gasteiger partial charge is 0.457 e. The number of aliphatic hydroxyl groups excluding tert-OH is 1. The summed E-state index contributed by atoms with van der Waals surface area (Å²) in [5.74, 6) is -0.597. The van der Waals surface area contributed by atoms with Gasteiger partial charge in [0.25, 0.3) is 0 Å². The highest BCUT2D eigenvalue weighted by atomic mass is 16.6. The molecule has 1 aromatic carbocycles. The van der Waals surface area contributed by atoms with Crippen LogP contribution in [0.4, 0.5) is 0 Å². The molecule has 8 atom stereocenters. The first kappa shape index (κ1) is 27.8. The summed E-state index contributed by atoms with van der Waals surface area (Å²) in [5, 5.41) is 10.8. The first-order chi connectivity index (χ1) is 16.8. The van der Waals surface area contributed by atoms with Crippen molar-refractivity contribution in [1.82, 2.24) is 0 Å². The van der Waals surface area contributed by atoms with Gasteiger partial charge in [-0.2, -0.15) is 0 Å². The summed E-state index contributed by atoms with van der Waals surface area (Å²) >= 11 is 0. The number of rotatable bonds is 4. The zero-order valence-corrected chi connectivity index (χ0v) is 21.6. The molecule has 2 bridgehead atoms. The number of carbonyl (C=O) groups is 2. The number of esters is 1. The van der Waals surface area contributed by atoms with Crippen LogP contribution in [0.3, 0.4) is 0 Å². The smallest absolute Gasteiger partial charge is 0.309 e. The van der Waals surface area contributed by atoms with E-state index in [0.29, 0.717) is 12.7 Å². The number of ether oxygens (including phenoxy) is 4. The topological polar surface area (TPSA) is 91.3 Å². The van der Waals surface area contributed by atoms with Gasteiger partial charge in [0.15, 0.2) is 6.29 Å². The van der Waals surface area contributed by atoms with Gasteiger partial charge in [-0.1, -0.05) is 50.6 Å². The minimum atomic E-state index is -1.39. The van der Waals surface area contributed by atoms with Crippen LogP contribution in [0.15, 0.2) is 30.3 Å². The zero-order chi connectivity index (χ0) is 25.4. The van der Waals surface area contributed by atoms with Gasteiger partial charge in [-0.05, 0) is 43.6 Å². The molecular weight excluding hydrogens is 448 g/mol. The minimum absolute atomic E-state index is 0.0396. The second-order valence-electron chi connectivity index (χ2n) is 10.3. The molecule has 8 unspecified atom stereocenters. The quantitative estimate of drug-likeness (QED) is 0.494. The lowest BCUT2D eigenvalue weighted by atomic mass is 9.77. The Morgan fingerprint density at radius 1 is 1.00 bits per heavy atom. The third-order valence-electron chi connectivity index (χ3n) is 7.85. The van der Waals surface area contributed by atoms with Crippen LogP contribution in [0, 0.1) is 11.8 Å². The number of fused-ring (bicyclic) bond motifs is 2. The molecule has 2 heterocycles. The lowest BCUT2D eigenvalue weighted by Gasteiger charge is -2.45. The molecule has 1 N–H and O–H groups in total. The summed E-state index contributed by atoms with van der Waals surface area (Å²) in [6.07, 6.45) is 3.78. The fraction of sp³-hybridized carbons (Fsp3) is 0.714. The van der Waals surface area contributed by atoms with E-state index >= 15 is 0 Å². The standard InChI is InChI=1S/C28H42O7/c1-19-14-15-25(33-4)24(32-3)13-9-8-12-23(21-10-6-5-7-11-21)34-26(31)17-28(18-29)16-22(30)20(2)27(19)35-28/h5-7,10-11,18-20,22-25,27,30H,8-9,12-17H2,1-4H3. The molecule has 0 radical (unpaired) electrons. The molecule has 0 saturated carbocycles. The summed E-state index contributed by atoms with van der Waals surface area (Å²) in [5.41, 5.74) is -0.472. The molecule has 7 nitrogen and oxygen atoms in total. The molecule has 2 aliphatic rings. The van der Waals surface area contributed by atoms with E-state index in [9.17, 15) is 14.7 Å². The van der Waals surface area contributed by atoms with Crippen LogP contribution in [-0.2, 0) is 28.5 Å². The monoisotopic (exact) mass is 490 g/mol. The van der Waals surface area contributed by atoms with Crippen molar-refractivity contribution < 1.29 is 33.6 Å². The highest BCUT2D eigenvalue weighted by Crippen LogP contribution is 2.39. The molecule has 35 heavy (non-hydrogen) atoms. The first-order valence-electron chi connectivity index (χ1n) is 12.9. The molecule has 2 aliphatic heterocycles. The Bertz CT molecular complexity index is 800. The molecule has 0 amide bonds.